The lowest BCUT2D eigenvalue weighted by Crippen LogP contribution is -2.35. The van der Waals surface area contributed by atoms with Crippen LogP contribution in [0.1, 0.15) is 37.8 Å². The molecule has 0 unspecified atom stereocenters. The predicted molar refractivity (Wildman–Crippen MR) is 67.9 cm³/mol. The zero-order valence-electron chi connectivity index (χ0n) is 10.4. The molecule has 94 valence electrons. The van der Waals surface area contributed by atoms with Gasteiger partial charge in [-0.3, -0.25) is 4.98 Å². The SMILES string of the molecule is Cc1nccnc1NCC1(CO)CCCCC1. The first-order valence-corrected chi connectivity index (χ1v) is 6.38. The van der Waals surface area contributed by atoms with Crippen molar-refractivity contribution >= 4 is 5.82 Å². The Hall–Kier alpha value is -1.16. The molecule has 1 saturated carbocycles. The Bertz CT molecular complexity index is 361. The summed E-state index contributed by atoms with van der Waals surface area (Å²) in [5, 5.41) is 13.0. The number of aryl methyl sites for hydroxylation is 1. The summed E-state index contributed by atoms with van der Waals surface area (Å²) in [6.07, 6.45) is 9.35. The van der Waals surface area contributed by atoms with E-state index in [1.54, 1.807) is 12.4 Å². The lowest BCUT2D eigenvalue weighted by molar-refractivity contribution is 0.0943. The van der Waals surface area contributed by atoms with Crippen molar-refractivity contribution in [2.24, 2.45) is 5.41 Å². The Morgan fingerprint density at radius 3 is 2.59 bits per heavy atom. The summed E-state index contributed by atoms with van der Waals surface area (Å²) in [5.74, 6) is 0.839. The molecule has 0 aliphatic heterocycles. The highest BCUT2D eigenvalue weighted by Gasteiger charge is 2.31. The first-order chi connectivity index (χ1) is 8.26. The average Bonchev–Trinajstić information content (AvgIpc) is 2.39. The van der Waals surface area contributed by atoms with Crippen LogP contribution < -0.4 is 5.32 Å². The molecule has 0 bridgehead atoms. The van der Waals surface area contributed by atoms with E-state index < -0.39 is 0 Å². The van der Waals surface area contributed by atoms with Gasteiger partial charge < -0.3 is 10.4 Å². The van der Waals surface area contributed by atoms with Crippen molar-refractivity contribution in [1.29, 1.82) is 0 Å². The summed E-state index contributed by atoms with van der Waals surface area (Å²) in [7, 11) is 0. The normalized spacial score (nSPS) is 18.9. The molecular formula is C13H21N3O. The quantitative estimate of drug-likeness (QED) is 0.839. The fraction of sp³-hybridized carbons (Fsp3) is 0.692. The van der Waals surface area contributed by atoms with Gasteiger partial charge in [-0.15, -0.1) is 0 Å². The predicted octanol–water partition coefficient (Wildman–Crippen LogP) is 2.14. The maximum absolute atomic E-state index is 9.61. The molecule has 1 aromatic heterocycles. The van der Waals surface area contributed by atoms with Gasteiger partial charge in [-0.1, -0.05) is 19.3 Å². The fourth-order valence-electron chi connectivity index (χ4n) is 2.54. The molecule has 1 aliphatic carbocycles. The monoisotopic (exact) mass is 235 g/mol. The fourth-order valence-corrected chi connectivity index (χ4v) is 2.54. The van der Waals surface area contributed by atoms with E-state index >= 15 is 0 Å². The van der Waals surface area contributed by atoms with E-state index in [1.807, 2.05) is 6.92 Å². The Morgan fingerprint density at radius 2 is 1.94 bits per heavy atom. The summed E-state index contributed by atoms with van der Waals surface area (Å²) in [4.78, 5) is 8.48. The summed E-state index contributed by atoms with van der Waals surface area (Å²) >= 11 is 0. The van der Waals surface area contributed by atoms with Crippen LogP contribution in [-0.4, -0.2) is 28.2 Å². The molecule has 1 fully saturated rings. The Kier molecular flexibility index (Phi) is 3.94. The van der Waals surface area contributed by atoms with Gasteiger partial charge >= 0.3 is 0 Å². The van der Waals surface area contributed by atoms with E-state index in [0.29, 0.717) is 0 Å². The topological polar surface area (TPSA) is 58.0 Å². The minimum absolute atomic E-state index is 0.0439. The molecule has 0 amide bonds. The van der Waals surface area contributed by atoms with E-state index in [-0.39, 0.29) is 12.0 Å². The van der Waals surface area contributed by atoms with Crippen LogP contribution >= 0.6 is 0 Å². The first kappa shape index (κ1) is 12.3. The largest absolute Gasteiger partial charge is 0.396 e. The third kappa shape index (κ3) is 2.94. The number of aliphatic hydroxyl groups excluding tert-OH is 1. The Balaban J connectivity index is 1.98. The molecule has 1 aromatic rings. The number of hydrogen-bond donors (Lipinski definition) is 2. The number of aliphatic hydroxyl groups is 1. The van der Waals surface area contributed by atoms with Crippen molar-refractivity contribution in [3.63, 3.8) is 0 Å². The van der Waals surface area contributed by atoms with Gasteiger partial charge in [0.05, 0.1) is 12.3 Å². The lowest BCUT2D eigenvalue weighted by atomic mass is 9.74. The summed E-state index contributed by atoms with van der Waals surface area (Å²) in [6, 6.07) is 0. The van der Waals surface area contributed by atoms with Crippen LogP contribution in [0, 0.1) is 12.3 Å². The molecular weight excluding hydrogens is 214 g/mol. The van der Waals surface area contributed by atoms with E-state index in [4.69, 9.17) is 0 Å². The zero-order chi connectivity index (χ0) is 12.1. The standard InChI is InChI=1S/C13H21N3O/c1-11-12(15-8-7-14-11)16-9-13(10-17)5-3-2-4-6-13/h7-8,17H,2-6,9-10H2,1H3,(H,15,16). The van der Waals surface area contributed by atoms with Gasteiger partial charge in [0.1, 0.15) is 5.82 Å². The van der Waals surface area contributed by atoms with Crippen molar-refractivity contribution in [3.05, 3.63) is 18.1 Å². The highest BCUT2D eigenvalue weighted by atomic mass is 16.3. The van der Waals surface area contributed by atoms with Gasteiger partial charge in [-0.05, 0) is 19.8 Å². The Morgan fingerprint density at radius 1 is 1.24 bits per heavy atom. The summed E-state index contributed by atoms with van der Waals surface area (Å²) in [6.45, 7) is 3.00. The molecule has 0 atom stereocenters. The van der Waals surface area contributed by atoms with Crippen LogP contribution in [0.3, 0.4) is 0 Å². The summed E-state index contributed by atoms with van der Waals surface area (Å²) in [5.41, 5.74) is 0.957. The second-order valence-corrected chi connectivity index (χ2v) is 5.06. The molecule has 1 heterocycles. The van der Waals surface area contributed by atoms with Crippen LogP contribution in [0.5, 0.6) is 0 Å². The lowest BCUT2D eigenvalue weighted by Gasteiger charge is -2.35. The van der Waals surface area contributed by atoms with Gasteiger partial charge in [0.15, 0.2) is 0 Å². The molecule has 0 saturated heterocycles. The average molecular weight is 235 g/mol. The number of hydrogen-bond acceptors (Lipinski definition) is 4. The second kappa shape index (κ2) is 5.45. The molecule has 0 aromatic carbocycles. The second-order valence-electron chi connectivity index (χ2n) is 5.06. The number of anilines is 1. The maximum atomic E-state index is 9.61. The number of nitrogens with zero attached hydrogens (tertiary/aromatic N) is 2. The maximum Gasteiger partial charge on any atom is 0.147 e. The number of rotatable bonds is 4. The van der Waals surface area contributed by atoms with Gasteiger partial charge in [-0.2, -0.15) is 0 Å². The minimum Gasteiger partial charge on any atom is -0.396 e. The van der Waals surface area contributed by atoms with Crippen molar-refractivity contribution in [2.75, 3.05) is 18.5 Å². The van der Waals surface area contributed by atoms with E-state index in [1.165, 1.54) is 19.3 Å². The van der Waals surface area contributed by atoms with Gasteiger partial charge in [0, 0.05) is 24.4 Å². The van der Waals surface area contributed by atoms with E-state index in [0.717, 1.165) is 30.9 Å². The molecule has 1 aliphatic rings. The summed E-state index contributed by atoms with van der Waals surface area (Å²) < 4.78 is 0. The Labute approximate surface area is 102 Å². The molecule has 4 heteroatoms. The van der Waals surface area contributed by atoms with Crippen LogP contribution in [-0.2, 0) is 0 Å². The first-order valence-electron chi connectivity index (χ1n) is 6.38. The molecule has 2 rings (SSSR count). The van der Waals surface area contributed by atoms with Crippen molar-refractivity contribution in [2.45, 2.75) is 39.0 Å². The smallest absolute Gasteiger partial charge is 0.147 e. The van der Waals surface area contributed by atoms with Crippen molar-refractivity contribution in [3.8, 4) is 0 Å². The molecule has 4 nitrogen and oxygen atoms in total. The zero-order valence-corrected chi connectivity index (χ0v) is 10.4. The van der Waals surface area contributed by atoms with Crippen LogP contribution in [0.2, 0.25) is 0 Å². The highest BCUT2D eigenvalue weighted by Crippen LogP contribution is 2.35. The molecule has 2 N–H and O–H groups in total. The highest BCUT2D eigenvalue weighted by molar-refractivity contribution is 5.38. The molecule has 0 spiro atoms. The van der Waals surface area contributed by atoms with Crippen LogP contribution in [0.25, 0.3) is 0 Å². The minimum atomic E-state index is 0.0439. The van der Waals surface area contributed by atoms with Gasteiger partial charge in [-0.25, -0.2) is 4.98 Å². The number of aromatic nitrogens is 2. The molecule has 0 radical (unpaired) electrons. The van der Waals surface area contributed by atoms with Gasteiger partial charge in [0.25, 0.3) is 0 Å². The third-order valence-corrected chi connectivity index (χ3v) is 3.76. The van der Waals surface area contributed by atoms with E-state index in [9.17, 15) is 5.11 Å². The molecule has 17 heavy (non-hydrogen) atoms. The number of nitrogens with one attached hydrogen (secondary N) is 1. The van der Waals surface area contributed by atoms with Gasteiger partial charge in [0.2, 0.25) is 0 Å². The van der Waals surface area contributed by atoms with E-state index in [2.05, 4.69) is 15.3 Å². The van der Waals surface area contributed by atoms with Crippen molar-refractivity contribution < 1.29 is 5.11 Å². The van der Waals surface area contributed by atoms with Crippen LogP contribution in [0.4, 0.5) is 5.82 Å². The third-order valence-electron chi connectivity index (χ3n) is 3.76. The van der Waals surface area contributed by atoms with Crippen molar-refractivity contribution in [1.82, 2.24) is 9.97 Å². The van der Waals surface area contributed by atoms with Crippen LogP contribution in [0.15, 0.2) is 12.4 Å².